The lowest BCUT2D eigenvalue weighted by atomic mass is 9.97. The summed E-state index contributed by atoms with van der Waals surface area (Å²) >= 11 is 0. The van der Waals surface area contributed by atoms with Crippen molar-refractivity contribution in [3.05, 3.63) is 64.9 Å². The fourth-order valence-electron chi connectivity index (χ4n) is 3.12. The third-order valence-electron chi connectivity index (χ3n) is 4.48. The molecule has 3 rings (SSSR count). The van der Waals surface area contributed by atoms with Crippen LogP contribution in [0.4, 0.5) is 8.78 Å². The second-order valence-electron chi connectivity index (χ2n) is 6.09. The largest absolute Gasteiger partial charge is 0.505 e. The number of hydrogen-bond donors (Lipinski definition) is 2. The summed E-state index contributed by atoms with van der Waals surface area (Å²) in [4.78, 5) is 24.6. The topological polar surface area (TPSA) is 85.3 Å². The molecule has 0 spiro atoms. The number of aromatic hydroxyl groups is 1. The van der Waals surface area contributed by atoms with E-state index < -0.39 is 35.1 Å². The number of carbonyl (C=O) groups is 2. The van der Waals surface area contributed by atoms with Crippen LogP contribution in [0.15, 0.2) is 36.4 Å². The number of fused-ring (bicyclic) bond motifs is 1. The zero-order chi connectivity index (χ0) is 19.2. The molecule has 0 bridgehead atoms. The summed E-state index contributed by atoms with van der Waals surface area (Å²) in [5.41, 5.74) is 6.60. The zero-order valence-corrected chi connectivity index (χ0v) is 14.1. The summed E-state index contributed by atoms with van der Waals surface area (Å²) < 4.78 is 28.3. The number of phenolic OH excluding ortho intramolecular Hbond substituents is 1. The van der Waals surface area contributed by atoms with Gasteiger partial charge in [-0.2, -0.15) is 0 Å². The van der Waals surface area contributed by atoms with E-state index in [2.05, 4.69) is 0 Å². The molecule has 3 aromatic rings. The van der Waals surface area contributed by atoms with Crippen LogP contribution in [0.5, 0.6) is 5.75 Å². The van der Waals surface area contributed by atoms with E-state index >= 15 is 0 Å². The van der Waals surface area contributed by atoms with Crippen molar-refractivity contribution in [2.24, 2.45) is 5.73 Å². The maximum absolute atomic E-state index is 13.9. The van der Waals surface area contributed by atoms with Crippen molar-refractivity contribution in [3.8, 4) is 5.75 Å². The van der Waals surface area contributed by atoms with Crippen LogP contribution in [0, 0.1) is 18.6 Å². The maximum Gasteiger partial charge on any atom is 0.262 e. The summed E-state index contributed by atoms with van der Waals surface area (Å²) in [6.07, 6.45) is 0. The summed E-state index contributed by atoms with van der Waals surface area (Å²) in [7, 11) is 0. The molecule has 1 unspecified atom stereocenters. The van der Waals surface area contributed by atoms with Crippen LogP contribution in [-0.4, -0.2) is 21.5 Å². The Morgan fingerprint density at radius 2 is 1.77 bits per heavy atom. The number of hydrogen-bond acceptors (Lipinski definition) is 3. The van der Waals surface area contributed by atoms with Crippen LogP contribution in [0.2, 0.25) is 0 Å². The van der Waals surface area contributed by atoms with Crippen molar-refractivity contribution in [1.29, 1.82) is 0 Å². The fraction of sp³-hybridized carbons (Fsp3) is 0.158. The lowest BCUT2D eigenvalue weighted by Gasteiger charge is -2.10. The van der Waals surface area contributed by atoms with Crippen molar-refractivity contribution in [2.75, 3.05) is 0 Å². The molecule has 0 aliphatic heterocycles. The molecular formula is C19H16F2N2O3. The first-order valence-corrected chi connectivity index (χ1v) is 7.85. The van der Waals surface area contributed by atoms with Gasteiger partial charge in [0.2, 0.25) is 5.91 Å². The van der Waals surface area contributed by atoms with Gasteiger partial charge in [-0.3, -0.25) is 14.2 Å². The molecule has 26 heavy (non-hydrogen) atoms. The maximum atomic E-state index is 13.9. The van der Waals surface area contributed by atoms with Crippen LogP contribution in [0.3, 0.4) is 0 Å². The van der Waals surface area contributed by atoms with E-state index in [0.29, 0.717) is 16.6 Å². The van der Waals surface area contributed by atoms with E-state index in [1.165, 1.54) is 22.8 Å². The molecule has 1 aromatic heterocycles. The highest BCUT2D eigenvalue weighted by Crippen LogP contribution is 2.35. The monoisotopic (exact) mass is 358 g/mol. The minimum absolute atomic E-state index is 0.190. The number of nitrogens with two attached hydrogens (primary N) is 1. The Balaban J connectivity index is 2.33. The number of phenols is 1. The van der Waals surface area contributed by atoms with Gasteiger partial charge in [0.05, 0.1) is 11.4 Å². The highest BCUT2D eigenvalue weighted by Gasteiger charge is 2.26. The summed E-state index contributed by atoms with van der Waals surface area (Å²) in [5, 5.41) is 10.1. The molecule has 0 aliphatic rings. The predicted octanol–water partition coefficient (Wildman–Crippen LogP) is 3.21. The summed E-state index contributed by atoms with van der Waals surface area (Å²) in [5.74, 6) is -3.88. The SMILES string of the molecule is Cc1c(C(C)C(N)=O)c2cc(O)c(F)cc2n1C(=O)c1ccc(F)cc1. The smallest absolute Gasteiger partial charge is 0.262 e. The molecule has 0 saturated heterocycles. The van der Waals surface area contributed by atoms with E-state index in [1.807, 2.05) is 0 Å². The minimum atomic E-state index is -0.901. The molecule has 1 amide bonds. The number of primary amides is 1. The van der Waals surface area contributed by atoms with Crippen molar-refractivity contribution < 1.29 is 23.5 Å². The Morgan fingerprint density at radius 3 is 2.35 bits per heavy atom. The quantitative estimate of drug-likeness (QED) is 0.754. The number of amides is 1. The van der Waals surface area contributed by atoms with E-state index in [4.69, 9.17) is 5.73 Å². The molecule has 134 valence electrons. The van der Waals surface area contributed by atoms with Crippen LogP contribution in [-0.2, 0) is 4.79 Å². The van der Waals surface area contributed by atoms with Gasteiger partial charge in [-0.25, -0.2) is 8.78 Å². The molecule has 0 saturated carbocycles. The van der Waals surface area contributed by atoms with Crippen LogP contribution in [0.1, 0.15) is 34.5 Å². The molecule has 3 N–H and O–H groups in total. The highest BCUT2D eigenvalue weighted by atomic mass is 19.1. The van der Waals surface area contributed by atoms with E-state index in [9.17, 15) is 23.5 Å². The second-order valence-corrected chi connectivity index (χ2v) is 6.09. The van der Waals surface area contributed by atoms with Crippen molar-refractivity contribution in [2.45, 2.75) is 19.8 Å². The van der Waals surface area contributed by atoms with E-state index in [-0.39, 0.29) is 11.1 Å². The first-order chi connectivity index (χ1) is 12.2. The molecule has 0 aliphatic carbocycles. The van der Waals surface area contributed by atoms with Crippen LogP contribution < -0.4 is 5.73 Å². The highest BCUT2D eigenvalue weighted by molar-refractivity contribution is 6.05. The summed E-state index contributed by atoms with van der Waals surface area (Å²) in [6.45, 7) is 3.17. The number of carbonyl (C=O) groups excluding carboxylic acids is 2. The van der Waals surface area contributed by atoms with Gasteiger partial charge in [0, 0.05) is 22.7 Å². The lowest BCUT2D eigenvalue weighted by molar-refractivity contribution is -0.119. The number of nitrogens with zero attached hydrogens (tertiary/aromatic N) is 1. The summed E-state index contributed by atoms with van der Waals surface area (Å²) in [6, 6.07) is 7.12. The van der Waals surface area contributed by atoms with Crippen molar-refractivity contribution in [1.82, 2.24) is 4.57 Å². The molecule has 1 heterocycles. The fourth-order valence-corrected chi connectivity index (χ4v) is 3.12. The lowest BCUT2D eigenvalue weighted by Crippen LogP contribution is -2.20. The van der Waals surface area contributed by atoms with Crippen LogP contribution >= 0.6 is 0 Å². The van der Waals surface area contributed by atoms with Crippen molar-refractivity contribution >= 4 is 22.7 Å². The van der Waals surface area contributed by atoms with Gasteiger partial charge in [0.25, 0.3) is 5.91 Å². The number of benzene rings is 2. The third-order valence-corrected chi connectivity index (χ3v) is 4.48. The molecule has 2 aromatic carbocycles. The Bertz CT molecular complexity index is 1040. The van der Waals surface area contributed by atoms with Gasteiger partial charge in [0.1, 0.15) is 5.82 Å². The Labute approximate surface area is 147 Å². The Morgan fingerprint density at radius 1 is 1.15 bits per heavy atom. The molecule has 1 atom stereocenters. The predicted molar refractivity (Wildman–Crippen MR) is 92.0 cm³/mol. The molecule has 5 nitrogen and oxygen atoms in total. The first kappa shape index (κ1) is 17.6. The normalized spacial score (nSPS) is 12.3. The Hall–Kier alpha value is -3.22. The molecule has 7 heteroatoms. The molecule has 0 radical (unpaired) electrons. The number of aromatic nitrogens is 1. The van der Waals surface area contributed by atoms with Gasteiger partial charge in [-0.1, -0.05) is 0 Å². The van der Waals surface area contributed by atoms with E-state index in [1.54, 1.807) is 13.8 Å². The van der Waals surface area contributed by atoms with Gasteiger partial charge >= 0.3 is 0 Å². The van der Waals surface area contributed by atoms with Gasteiger partial charge in [0.15, 0.2) is 11.6 Å². The van der Waals surface area contributed by atoms with Gasteiger partial charge in [-0.05, 0) is 49.7 Å². The minimum Gasteiger partial charge on any atom is -0.505 e. The Kier molecular flexibility index (Phi) is 4.23. The van der Waals surface area contributed by atoms with Crippen molar-refractivity contribution in [3.63, 3.8) is 0 Å². The second kappa shape index (κ2) is 6.25. The average Bonchev–Trinajstić information content (AvgIpc) is 2.85. The molecule has 0 fully saturated rings. The zero-order valence-electron chi connectivity index (χ0n) is 14.1. The standard InChI is InChI=1S/C19H16F2N2O3/c1-9(18(22)25)17-10(2)23(15-8-14(21)16(24)7-13(15)17)19(26)11-3-5-12(20)6-4-11/h3-9,24H,1-2H3,(H2,22,25). The third kappa shape index (κ3) is 2.71. The van der Waals surface area contributed by atoms with Gasteiger partial charge in [-0.15, -0.1) is 0 Å². The number of halogens is 2. The average molecular weight is 358 g/mol. The van der Waals surface area contributed by atoms with Gasteiger partial charge < -0.3 is 10.8 Å². The van der Waals surface area contributed by atoms with E-state index in [0.717, 1.165) is 18.2 Å². The number of rotatable bonds is 3. The van der Waals surface area contributed by atoms with Crippen LogP contribution in [0.25, 0.3) is 10.9 Å². The first-order valence-electron chi connectivity index (χ1n) is 7.85. The molecular weight excluding hydrogens is 342 g/mol.